The number of fused-ring (bicyclic) bond motifs is 3. The normalized spacial score (nSPS) is 14.4. The van der Waals surface area contributed by atoms with E-state index in [1.165, 1.54) is 6.07 Å². The summed E-state index contributed by atoms with van der Waals surface area (Å²) in [7, 11) is 0. The Labute approximate surface area is 150 Å². The highest BCUT2D eigenvalue weighted by Gasteiger charge is 2.31. The number of non-ortho nitro benzene ring substituents is 1. The smallest absolute Gasteiger partial charge is 0.336 e. The maximum Gasteiger partial charge on any atom is 0.336 e. The van der Waals surface area contributed by atoms with Gasteiger partial charge in [-0.1, -0.05) is 0 Å². The summed E-state index contributed by atoms with van der Waals surface area (Å²) < 4.78 is 24.7. The Hall–Kier alpha value is -3.81. The van der Waals surface area contributed by atoms with Gasteiger partial charge >= 0.3 is 5.63 Å². The zero-order valence-electron chi connectivity index (χ0n) is 13.8. The van der Waals surface area contributed by atoms with Gasteiger partial charge in [0.05, 0.1) is 4.92 Å². The van der Waals surface area contributed by atoms with Gasteiger partial charge < -0.3 is 9.15 Å². The maximum absolute atomic E-state index is 14.0. The van der Waals surface area contributed by atoms with Crippen molar-refractivity contribution >= 4 is 28.5 Å². The highest BCUT2D eigenvalue weighted by Crippen LogP contribution is 2.37. The summed E-state index contributed by atoms with van der Waals surface area (Å²) in [6.45, 7) is 1.71. The monoisotopic (exact) mass is 367 g/mol. The van der Waals surface area contributed by atoms with E-state index in [9.17, 15) is 24.1 Å². The molecule has 4 rings (SSSR count). The molecule has 2 heterocycles. The fourth-order valence-corrected chi connectivity index (χ4v) is 2.95. The fraction of sp³-hybridized carbons (Fsp3) is 0.0526. The molecule has 2 aromatic carbocycles. The van der Waals surface area contributed by atoms with Crippen LogP contribution in [0.2, 0.25) is 0 Å². The van der Waals surface area contributed by atoms with Crippen LogP contribution in [-0.4, -0.2) is 10.7 Å². The highest BCUT2D eigenvalue weighted by atomic mass is 19.1. The van der Waals surface area contributed by atoms with Crippen LogP contribution in [-0.2, 0) is 0 Å². The summed E-state index contributed by atoms with van der Waals surface area (Å²) >= 11 is 0. The van der Waals surface area contributed by atoms with Crippen LogP contribution in [0.1, 0.15) is 21.5 Å². The van der Waals surface area contributed by atoms with Crippen molar-refractivity contribution in [1.82, 2.24) is 0 Å². The van der Waals surface area contributed by atoms with Crippen molar-refractivity contribution in [3.05, 3.63) is 85.2 Å². The largest absolute Gasteiger partial charge is 0.452 e. The van der Waals surface area contributed by atoms with Crippen molar-refractivity contribution in [1.29, 1.82) is 0 Å². The molecular weight excluding hydrogens is 357 g/mol. The van der Waals surface area contributed by atoms with E-state index in [-0.39, 0.29) is 33.9 Å². The molecule has 1 aliphatic rings. The Morgan fingerprint density at radius 1 is 1.15 bits per heavy atom. The molecule has 3 aromatic rings. The number of carbonyl (C=O) groups excluding carboxylic acids is 1. The quantitative estimate of drug-likeness (QED) is 0.296. The van der Waals surface area contributed by atoms with Gasteiger partial charge in [0.1, 0.15) is 17.1 Å². The summed E-state index contributed by atoms with van der Waals surface area (Å²) in [5, 5.41) is 11.5. The molecule has 0 fully saturated rings. The van der Waals surface area contributed by atoms with E-state index < -0.39 is 22.1 Å². The molecule has 0 aliphatic carbocycles. The molecule has 0 N–H and O–H groups in total. The minimum Gasteiger partial charge on any atom is -0.452 e. The zero-order chi connectivity index (χ0) is 19.3. The van der Waals surface area contributed by atoms with Gasteiger partial charge in [-0.3, -0.25) is 14.9 Å². The first-order valence-electron chi connectivity index (χ1n) is 7.81. The summed E-state index contributed by atoms with van der Waals surface area (Å²) in [4.78, 5) is 34.6. The molecule has 134 valence electrons. The lowest BCUT2D eigenvalue weighted by atomic mass is 10.0. The number of Topliss-reactive ketones (excluding diaryl/α,β-unsaturated/α-hetero) is 1. The molecule has 0 atom stereocenters. The summed E-state index contributed by atoms with van der Waals surface area (Å²) in [6, 6.07) is 7.47. The second kappa shape index (κ2) is 5.87. The summed E-state index contributed by atoms with van der Waals surface area (Å²) in [6.07, 6.45) is 1.09. The topological polar surface area (TPSA) is 99.7 Å². The number of ether oxygens (including phenoxy) is 1. The highest BCUT2D eigenvalue weighted by molar-refractivity contribution is 6.20. The number of rotatable bonds is 2. The summed E-state index contributed by atoms with van der Waals surface area (Å²) in [5.41, 5.74) is -0.307. The molecule has 0 unspecified atom stereocenters. The first-order valence-corrected chi connectivity index (χ1v) is 7.81. The zero-order valence-corrected chi connectivity index (χ0v) is 13.8. The van der Waals surface area contributed by atoms with Crippen LogP contribution >= 0.6 is 0 Å². The van der Waals surface area contributed by atoms with Crippen LogP contribution < -0.4 is 10.4 Å². The van der Waals surface area contributed by atoms with Crippen molar-refractivity contribution in [2.24, 2.45) is 0 Å². The van der Waals surface area contributed by atoms with Gasteiger partial charge in [0, 0.05) is 29.1 Å². The number of hydrogen-bond acceptors (Lipinski definition) is 6. The second-order valence-electron chi connectivity index (χ2n) is 5.97. The minimum absolute atomic E-state index is 0.0605. The number of carbonyl (C=O) groups is 1. The van der Waals surface area contributed by atoms with Crippen molar-refractivity contribution < 1.29 is 23.3 Å². The van der Waals surface area contributed by atoms with Crippen molar-refractivity contribution in [2.75, 3.05) is 0 Å². The van der Waals surface area contributed by atoms with Crippen molar-refractivity contribution in [3.8, 4) is 5.75 Å². The summed E-state index contributed by atoms with van der Waals surface area (Å²) in [5.74, 6) is -1.40. The molecule has 0 spiro atoms. The number of allylic oxidation sites excluding steroid dienone is 1. The average molecular weight is 367 g/mol. The number of aryl methyl sites for hydroxylation is 1. The van der Waals surface area contributed by atoms with Crippen LogP contribution in [0.4, 0.5) is 10.1 Å². The molecule has 0 amide bonds. The molecule has 7 nitrogen and oxygen atoms in total. The molecular formula is C19H10FNO6. The number of halogens is 1. The number of hydrogen-bond donors (Lipinski definition) is 0. The first-order chi connectivity index (χ1) is 12.8. The van der Waals surface area contributed by atoms with Crippen molar-refractivity contribution in [2.45, 2.75) is 6.92 Å². The Balaban J connectivity index is 1.87. The predicted molar refractivity (Wildman–Crippen MR) is 93.2 cm³/mol. The van der Waals surface area contributed by atoms with Gasteiger partial charge in [0.2, 0.25) is 5.78 Å². The van der Waals surface area contributed by atoms with Crippen LogP contribution in [0.25, 0.3) is 17.0 Å². The Morgan fingerprint density at radius 3 is 2.67 bits per heavy atom. The van der Waals surface area contributed by atoms with Crippen LogP contribution in [0, 0.1) is 22.9 Å². The van der Waals surface area contributed by atoms with E-state index in [0.717, 1.165) is 24.3 Å². The first kappa shape index (κ1) is 16.6. The van der Waals surface area contributed by atoms with E-state index in [0.29, 0.717) is 10.9 Å². The van der Waals surface area contributed by atoms with E-state index >= 15 is 0 Å². The molecule has 1 aromatic heterocycles. The van der Waals surface area contributed by atoms with E-state index in [1.54, 1.807) is 19.1 Å². The number of ketones is 1. The lowest BCUT2D eigenvalue weighted by Crippen LogP contribution is -2.03. The standard InChI is InChI=1S/C19H10FNO6/c1-9-6-16(22)27-19-12(9)3-5-14-17(19)18(23)15(26-14)8-10-7-11(21(24)25)2-4-13(10)20/h2-8H,1H3/b15-8-. The Morgan fingerprint density at radius 2 is 1.93 bits per heavy atom. The third-order valence-electron chi connectivity index (χ3n) is 4.23. The van der Waals surface area contributed by atoms with Crippen molar-refractivity contribution in [3.63, 3.8) is 0 Å². The third kappa shape index (κ3) is 2.67. The van der Waals surface area contributed by atoms with Crippen LogP contribution in [0.3, 0.4) is 0 Å². The number of benzene rings is 2. The maximum atomic E-state index is 14.0. The van der Waals surface area contributed by atoms with Gasteiger partial charge in [-0.15, -0.1) is 0 Å². The van der Waals surface area contributed by atoms with Gasteiger partial charge in [0.15, 0.2) is 11.3 Å². The second-order valence-corrected chi connectivity index (χ2v) is 5.97. The molecule has 0 saturated heterocycles. The molecule has 27 heavy (non-hydrogen) atoms. The predicted octanol–water partition coefficient (Wildman–Crippen LogP) is 3.76. The fourth-order valence-electron chi connectivity index (χ4n) is 2.95. The lowest BCUT2D eigenvalue weighted by Gasteiger charge is -2.03. The van der Waals surface area contributed by atoms with E-state index in [2.05, 4.69) is 0 Å². The number of nitrogens with zero attached hydrogens (tertiary/aromatic N) is 1. The average Bonchev–Trinajstić information content (AvgIpc) is 2.92. The Kier molecular flexibility index (Phi) is 3.62. The molecule has 8 heteroatoms. The third-order valence-corrected chi connectivity index (χ3v) is 4.23. The molecule has 1 aliphatic heterocycles. The van der Waals surface area contributed by atoms with Gasteiger partial charge in [0.25, 0.3) is 5.69 Å². The van der Waals surface area contributed by atoms with Gasteiger partial charge in [-0.05, 0) is 36.8 Å². The molecule has 0 saturated carbocycles. The molecule has 0 radical (unpaired) electrons. The van der Waals surface area contributed by atoms with Crippen LogP contribution in [0.5, 0.6) is 5.75 Å². The van der Waals surface area contributed by atoms with E-state index in [4.69, 9.17) is 9.15 Å². The SMILES string of the molecule is Cc1cc(=O)oc2c3c(ccc12)O/C(=C\c1cc([N+](=O)[O-])ccc1F)C3=O. The lowest BCUT2D eigenvalue weighted by molar-refractivity contribution is -0.384. The van der Waals surface area contributed by atoms with Gasteiger partial charge in [-0.25, -0.2) is 9.18 Å². The number of nitro groups is 1. The van der Waals surface area contributed by atoms with Crippen LogP contribution in [0.15, 0.2) is 51.4 Å². The van der Waals surface area contributed by atoms with Gasteiger partial charge in [-0.2, -0.15) is 0 Å². The minimum atomic E-state index is -0.743. The molecule has 0 bridgehead atoms. The van der Waals surface area contributed by atoms with E-state index in [1.807, 2.05) is 0 Å². The Bertz CT molecular complexity index is 1240. The number of nitro benzene ring substituents is 1.